The Morgan fingerprint density at radius 2 is 1.08 bits per heavy atom. The van der Waals surface area contributed by atoms with Crippen molar-refractivity contribution >= 4 is 13.8 Å². The minimum absolute atomic E-state index is 0.0269. The molecule has 0 aliphatic rings. The lowest BCUT2D eigenvalue weighted by Crippen LogP contribution is -2.37. The van der Waals surface area contributed by atoms with E-state index in [4.69, 9.17) is 18.5 Å². The molecule has 51 heavy (non-hydrogen) atoms. The first-order valence-corrected chi connectivity index (χ1v) is 22.5. The van der Waals surface area contributed by atoms with Crippen molar-refractivity contribution in [2.24, 2.45) is 0 Å². The lowest BCUT2D eigenvalue weighted by atomic mass is 10.1. The number of quaternary nitrogens is 1. The highest BCUT2D eigenvalue weighted by Gasteiger charge is 2.20. The summed E-state index contributed by atoms with van der Waals surface area (Å²) in [4.78, 5) is 24.8. The van der Waals surface area contributed by atoms with Crippen LogP contribution in [0.4, 0.5) is 0 Å². The lowest BCUT2D eigenvalue weighted by Gasteiger charge is -2.28. The van der Waals surface area contributed by atoms with Gasteiger partial charge in [0.15, 0.2) is 0 Å². The number of likely N-dealkylation sites (N-methyl/N-ethyl adjacent to an activating group) is 1. The van der Waals surface area contributed by atoms with Crippen LogP contribution in [-0.4, -0.2) is 70.7 Å². The Morgan fingerprint density at radius 3 is 1.59 bits per heavy atom. The number of nitrogens with zero attached hydrogens (tertiary/aromatic N) is 1. The highest BCUT2D eigenvalue weighted by Crippen LogP contribution is 2.38. The van der Waals surface area contributed by atoms with Crippen LogP contribution < -0.4 is 4.89 Å². The molecule has 8 nitrogen and oxygen atoms in total. The Morgan fingerprint density at radius 1 is 0.608 bits per heavy atom. The van der Waals surface area contributed by atoms with Gasteiger partial charge in [-0.2, -0.15) is 0 Å². The van der Waals surface area contributed by atoms with E-state index in [-0.39, 0.29) is 25.8 Å². The van der Waals surface area contributed by atoms with Crippen LogP contribution in [0.25, 0.3) is 0 Å². The predicted molar refractivity (Wildman–Crippen MR) is 213 cm³/mol. The highest BCUT2D eigenvalue weighted by molar-refractivity contribution is 7.45. The summed E-state index contributed by atoms with van der Waals surface area (Å²) in [5.41, 5.74) is 0. The van der Waals surface area contributed by atoms with Gasteiger partial charge >= 0.3 is 5.97 Å². The van der Waals surface area contributed by atoms with Gasteiger partial charge in [-0.15, -0.1) is 0 Å². The first-order valence-electron chi connectivity index (χ1n) is 21.1. The van der Waals surface area contributed by atoms with Crippen molar-refractivity contribution in [2.75, 3.05) is 54.1 Å². The van der Waals surface area contributed by atoms with Gasteiger partial charge in [0, 0.05) is 13.0 Å². The molecule has 0 aromatic rings. The summed E-state index contributed by atoms with van der Waals surface area (Å²) < 4.78 is 34.4. The third-order valence-corrected chi connectivity index (χ3v) is 9.97. The van der Waals surface area contributed by atoms with Crippen molar-refractivity contribution in [2.45, 2.75) is 187 Å². The van der Waals surface area contributed by atoms with Crippen molar-refractivity contribution in [3.8, 4) is 0 Å². The minimum Gasteiger partial charge on any atom is -0.756 e. The number of phosphoric acid groups is 1. The first-order chi connectivity index (χ1) is 24.6. The normalized spacial score (nSPS) is 14.1. The molecule has 0 aromatic heterocycles. The second kappa shape index (κ2) is 36.0. The number of unbranched alkanes of at least 4 members (excludes halogenated alkanes) is 21. The number of hydrogen-bond acceptors (Lipinski definition) is 7. The van der Waals surface area contributed by atoms with Crippen LogP contribution in [0.15, 0.2) is 24.3 Å². The topological polar surface area (TPSA) is 94.1 Å². The van der Waals surface area contributed by atoms with E-state index in [0.29, 0.717) is 24.1 Å². The van der Waals surface area contributed by atoms with Gasteiger partial charge in [0.2, 0.25) is 0 Å². The largest absolute Gasteiger partial charge is 0.756 e. The number of carbonyl (C=O) groups excluding carboxylic acids is 1. The standard InChI is InChI=1S/C42H82NO7P/c1-6-8-10-12-14-15-16-17-18-19-20-21-22-23-24-25-26-27-28-30-32-34-37-47-39-41(40-49-51(45,46)48-38-36-43(3,4)5)50-42(44)35-33-31-29-13-11-9-7-2/h16-17,19-20,41H,6-15,18,21-40H2,1-5H3/b17-16-,20-19-. The molecule has 0 saturated heterocycles. The van der Waals surface area contributed by atoms with Crippen LogP contribution >= 0.6 is 7.82 Å². The van der Waals surface area contributed by atoms with E-state index in [0.717, 1.165) is 38.5 Å². The van der Waals surface area contributed by atoms with E-state index in [1.807, 2.05) is 21.1 Å². The number of hydrogen-bond donors (Lipinski definition) is 0. The fourth-order valence-corrected chi connectivity index (χ4v) is 6.42. The minimum atomic E-state index is -4.51. The number of esters is 1. The zero-order chi connectivity index (χ0) is 37.7. The highest BCUT2D eigenvalue weighted by atomic mass is 31.2. The Labute approximate surface area is 315 Å². The number of carbonyl (C=O) groups is 1. The SMILES string of the molecule is CCCCCCC/C=C\C/C=C\CCCCCCCCCCCCOCC(COP(=O)([O-])OCC[N+](C)(C)C)OC(=O)CCCCCCCCC. The van der Waals surface area contributed by atoms with Gasteiger partial charge in [0.05, 0.1) is 34.4 Å². The molecule has 0 fully saturated rings. The summed E-state index contributed by atoms with van der Waals surface area (Å²) >= 11 is 0. The molecule has 0 bridgehead atoms. The van der Waals surface area contributed by atoms with Crippen LogP contribution in [0.5, 0.6) is 0 Å². The molecule has 2 unspecified atom stereocenters. The van der Waals surface area contributed by atoms with E-state index in [2.05, 4.69) is 38.2 Å². The third kappa shape index (κ3) is 40.0. The molecule has 0 N–H and O–H groups in total. The molecule has 0 heterocycles. The van der Waals surface area contributed by atoms with Crippen LogP contribution in [0.3, 0.4) is 0 Å². The van der Waals surface area contributed by atoms with Crippen LogP contribution in [0, 0.1) is 0 Å². The monoisotopic (exact) mass is 744 g/mol. The summed E-state index contributed by atoms with van der Waals surface area (Å²) in [6.45, 7) is 5.36. The smallest absolute Gasteiger partial charge is 0.306 e. The molecular formula is C42H82NO7P. The van der Waals surface area contributed by atoms with E-state index in [1.165, 1.54) is 122 Å². The van der Waals surface area contributed by atoms with Crippen LogP contribution in [0.2, 0.25) is 0 Å². The lowest BCUT2D eigenvalue weighted by molar-refractivity contribution is -0.870. The zero-order valence-corrected chi connectivity index (χ0v) is 35.0. The molecule has 0 rings (SSSR count). The second-order valence-corrected chi connectivity index (χ2v) is 16.8. The molecule has 9 heteroatoms. The molecule has 0 aliphatic heterocycles. The van der Waals surface area contributed by atoms with E-state index < -0.39 is 13.9 Å². The molecule has 0 aromatic carbocycles. The number of rotatable bonds is 39. The first kappa shape index (κ1) is 50.0. The Bertz CT molecular complexity index is 874. The fraction of sp³-hybridized carbons (Fsp3) is 0.881. The van der Waals surface area contributed by atoms with Crippen LogP contribution in [-0.2, 0) is 27.9 Å². The van der Waals surface area contributed by atoms with Gasteiger partial charge in [0.1, 0.15) is 19.3 Å². The number of ether oxygens (including phenoxy) is 2. The quantitative estimate of drug-likeness (QED) is 0.0203. The summed E-state index contributed by atoms with van der Waals surface area (Å²) in [6.07, 6.45) is 39.2. The molecule has 302 valence electrons. The molecule has 0 radical (unpaired) electrons. The van der Waals surface area contributed by atoms with Crippen molar-refractivity contribution in [3.05, 3.63) is 24.3 Å². The molecule has 0 saturated carbocycles. The summed E-state index contributed by atoms with van der Waals surface area (Å²) in [6, 6.07) is 0. The van der Waals surface area contributed by atoms with E-state index in [9.17, 15) is 14.3 Å². The fourth-order valence-electron chi connectivity index (χ4n) is 5.69. The van der Waals surface area contributed by atoms with Gasteiger partial charge in [-0.3, -0.25) is 9.36 Å². The van der Waals surface area contributed by atoms with Crippen molar-refractivity contribution in [1.82, 2.24) is 0 Å². The van der Waals surface area contributed by atoms with Gasteiger partial charge in [-0.05, 0) is 44.9 Å². The second-order valence-electron chi connectivity index (χ2n) is 15.4. The summed E-state index contributed by atoms with van der Waals surface area (Å²) in [5.74, 6) is -0.341. The molecule has 0 amide bonds. The van der Waals surface area contributed by atoms with Crippen molar-refractivity contribution in [1.29, 1.82) is 0 Å². The average molecular weight is 744 g/mol. The number of allylic oxidation sites excluding steroid dienone is 4. The van der Waals surface area contributed by atoms with Gasteiger partial charge in [-0.25, -0.2) is 0 Å². The molecule has 0 spiro atoms. The van der Waals surface area contributed by atoms with Gasteiger partial charge in [-0.1, -0.05) is 154 Å². The van der Waals surface area contributed by atoms with E-state index in [1.54, 1.807) is 0 Å². The van der Waals surface area contributed by atoms with Crippen molar-refractivity contribution in [3.63, 3.8) is 0 Å². The Kier molecular flexibility index (Phi) is 35.3. The Balaban J connectivity index is 4.05. The maximum Gasteiger partial charge on any atom is 0.306 e. The summed E-state index contributed by atoms with van der Waals surface area (Å²) in [5, 5.41) is 0. The van der Waals surface area contributed by atoms with E-state index >= 15 is 0 Å². The van der Waals surface area contributed by atoms with Gasteiger partial charge in [0.25, 0.3) is 7.82 Å². The molecular weight excluding hydrogens is 661 g/mol. The van der Waals surface area contributed by atoms with Crippen LogP contribution in [0.1, 0.15) is 181 Å². The third-order valence-electron chi connectivity index (χ3n) is 9.01. The average Bonchev–Trinajstić information content (AvgIpc) is 3.08. The summed E-state index contributed by atoms with van der Waals surface area (Å²) in [7, 11) is 1.36. The maximum absolute atomic E-state index is 12.5. The zero-order valence-electron chi connectivity index (χ0n) is 34.1. The molecule has 2 atom stereocenters. The van der Waals surface area contributed by atoms with Crippen molar-refractivity contribution < 1.29 is 37.3 Å². The van der Waals surface area contributed by atoms with Gasteiger partial charge < -0.3 is 27.9 Å². The predicted octanol–water partition coefficient (Wildman–Crippen LogP) is 11.4. The number of phosphoric ester groups is 1. The Hall–Kier alpha value is -1.02. The maximum atomic E-state index is 12.5. The molecule has 0 aliphatic carbocycles.